The Morgan fingerprint density at radius 3 is 2.19 bits per heavy atom. The molecule has 0 fully saturated rings. The predicted molar refractivity (Wildman–Crippen MR) is 86.2 cm³/mol. The fourth-order valence-electron chi connectivity index (χ4n) is 1.79. The van der Waals surface area contributed by atoms with Crippen LogP contribution in [0.4, 0.5) is 11.4 Å². The number of ether oxygens (including phenoxy) is 1. The van der Waals surface area contributed by atoms with Crippen LogP contribution in [0.25, 0.3) is 0 Å². The quantitative estimate of drug-likeness (QED) is 0.883. The number of methoxy groups -OCH3 is 1. The second-order valence-corrected chi connectivity index (χ2v) is 5.03. The van der Waals surface area contributed by atoms with Gasteiger partial charge in [0.15, 0.2) is 0 Å². The number of carbonyl (C=O) groups excluding carboxylic acids is 1. The number of hydrogen-bond donors (Lipinski definition) is 2. The minimum Gasteiger partial charge on any atom is -0.497 e. The first-order valence-electron chi connectivity index (χ1n) is 6.55. The molecule has 0 aliphatic carbocycles. The molecule has 0 aromatic heterocycles. The molecular weight excluding hydrogens is 288 g/mol. The van der Waals surface area contributed by atoms with E-state index in [2.05, 4.69) is 10.6 Å². The zero-order valence-electron chi connectivity index (χ0n) is 11.9. The standard InChI is InChI=1S/C16H17ClN2O2/c1-11(18-13-5-3-12(17)4-6-13)16(20)19-14-7-9-15(21-2)10-8-14/h3-11,18H,1-2H3,(H,19,20)/t11-/m1/s1. The van der Waals surface area contributed by atoms with E-state index in [1.165, 1.54) is 0 Å². The van der Waals surface area contributed by atoms with Crippen molar-refractivity contribution < 1.29 is 9.53 Å². The molecule has 0 bridgehead atoms. The Bertz CT molecular complexity index is 597. The van der Waals surface area contributed by atoms with Crippen molar-refractivity contribution in [2.75, 3.05) is 17.7 Å². The maximum atomic E-state index is 12.1. The predicted octanol–water partition coefficient (Wildman–Crippen LogP) is 3.79. The number of nitrogens with one attached hydrogen (secondary N) is 2. The van der Waals surface area contributed by atoms with Crippen LogP contribution < -0.4 is 15.4 Å². The molecule has 4 nitrogen and oxygen atoms in total. The van der Waals surface area contributed by atoms with Gasteiger partial charge in [-0.2, -0.15) is 0 Å². The molecule has 0 aliphatic heterocycles. The second-order valence-electron chi connectivity index (χ2n) is 4.59. The van der Waals surface area contributed by atoms with Gasteiger partial charge in [0.25, 0.3) is 0 Å². The summed E-state index contributed by atoms with van der Waals surface area (Å²) in [6.07, 6.45) is 0. The maximum Gasteiger partial charge on any atom is 0.246 e. The van der Waals surface area contributed by atoms with Crippen LogP contribution in [0.3, 0.4) is 0 Å². The molecule has 2 rings (SSSR count). The average Bonchev–Trinajstić information content (AvgIpc) is 2.50. The monoisotopic (exact) mass is 304 g/mol. The number of carbonyl (C=O) groups is 1. The van der Waals surface area contributed by atoms with E-state index < -0.39 is 0 Å². The summed E-state index contributed by atoms with van der Waals surface area (Å²) in [5, 5.41) is 6.62. The van der Waals surface area contributed by atoms with Crippen molar-refractivity contribution in [3.05, 3.63) is 53.6 Å². The highest BCUT2D eigenvalue weighted by Crippen LogP contribution is 2.17. The number of amides is 1. The number of benzene rings is 2. The minimum absolute atomic E-state index is 0.116. The Kier molecular flexibility index (Phi) is 5.06. The van der Waals surface area contributed by atoms with Gasteiger partial charge in [-0.3, -0.25) is 4.79 Å². The molecule has 0 saturated heterocycles. The first kappa shape index (κ1) is 15.2. The van der Waals surface area contributed by atoms with Crippen LogP contribution in [-0.4, -0.2) is 19.1 Å². The van der Waals surface area contributed by atoms with Gasteiger partial charge in [0.05, 0.1) is 7.11 Å². The van der Waals surface area contributed by atoms with Crippen LogP contribution in [0.5, 0.6) is 5.75 Å². The van der Waals surface area contributed by atoms with E-state index >= 15 is 0 Å². The normalized spacial score (nSPS) is 11.6. The van der Waals surface area contributed by atoms with Gasteiger partial charge in [0.2, 0.25) is 5.91 Å². The zero-order chi connectivity index (χ0) is 15.2. The number of hydrogen-bond acceptors (Lipinski definition) is 3. The third-order valence-electron chi connectivity index (χ3n) is 2.98. The van der Waals surface area contributed by atoms with Gasteiger partial charge in [-0.15, -0.1) is 0 Å². The molecule has 0 saturated carbocycles. The summed E-state index contributed by atoms with van der Waals surface area (Å²) in [4.78, 5) is 12.1. The van der Waals surface area contributed by atoms with Crippen molar-refractivity contribution in [1.29, 1.82) is 0 Å². The van der Waals surface area contributed by atoms with Crippen LogP contribution >= 0.6 is 11.6 Å². The van der Waals surface area contributed by atoms with E-state index in [4.69, 9.17) is 16.3 Å². The Balaban J connectivity index is 1.93. The summed E-state index contributed by atoms with van der Waals surface area (Å²) in [5.74, 6) is 0.635. The van der Waals surface area contributed by atoms with Crippen molar-refractivity contribution in [1.82, 2.24) is 0 Å². The van der Waals surface area contributed by atoms with Gasteiger partial charge >= 0.3 is 0 Å². The lowest BCUT2D eigenvalue weighted by molar-refractivity contribution is -0.116. The lowest BCUT2D eigenvalue weighted by Gasteiger charge is -2.15. The van der Waals surface area contributed by atoms with E-state index in [0.29, 0.717) is 5.02 Å². The lowest BCUT2D eigenvalue weighted by atomic mass is 10.2. The van der Waals surface area contributed by atoms with Crippen molar-refractivity contribution in [3.8, 4) is 5.75 Å². The number of anilines is 2. The Labute approximate surface area is 129 Å². The molecule has 1 amide bonds. The highest BCUT2D eigenvalue weighted by Gasteiger charge is 2.12. The molecular formula is C16H17ClN2O2. The number of rotatable bonds is 5. The second kappa shape index (κ2) is 6.99. The van der Waals surface area contributed by atoms with E-state index in [0.717, 1.165) is 17.1 Å². The SMILES string of the molecule is COc1ccc(NC(=O)[C@@H](C)Nc2ccc(Cl)cc2)cc1. The smallest absolute Gasteiger partial charge is 0.246 e. The molecule has 2 N–H and O–H groups in total. The largest absolute Gasteiger partial charge is 0.497 e. The fraction of sp³-hybridized carbons (Fsp3) is 0.188. The first-order chi connectivity index (χ1) is 10.1. The van der Waals surface area contributed by atoms with Crippen molar-refractivity contribution in [2.45, 2.75) is 13.0 Å². The van der Waals surface area contributed by atoms with Crippen LogP contribution in [0.1, 0.15) is 6.92 Å². The summed E-state index contributed by atoms with van der Waals surface area (Å²) in [6, 6.07) is 14.0. The molecule has 1 atom stereocenters. The molecule has 110 valence electrons. The average molecular weight is 305 g/mol. The Morgan fingerprint density at radius 2 is 1.62 bits per heavy atom. The molecule has 0 unspecified atom stereocenters. The van der Waals surface area contributed by atoms with Gasteiger partial charge in [-0.1, -0.05) is 11.6 Å². The zero-order valence-corrected chi connectivity index (χ0v) is 12.6. The Morgan fingerprint density at radius 1 is 1.05 bits per heavy atom. The summed E-state index contributed by atoms with van der Waals surface area (Å²) >= 11 is 5.83. The Hall–Kier alpha value is -2.20. The van der Waals surface area contributed by atoms with E-state index in [-0.39, 0.29) is 11.9 Å². The summed E-state index contributed by atoms with van der Waals surface area (Å²) in [7, 11) is 1.60. The molecule has 2 aromatic carbocycles. The highest BCUT2D eigenvalue weighted by atomic mass is 35.5. The molecule has 2 aromatic rings. The van der Waals surface area contributed by atoms with Gasteiger partial charge in [-0.25, -0.2) is 0 Å². The van der Waals surface area contributed by atoms with E-state index in [1.54, 1.807) is 50.4 Å². The van der Waals surface area contributed by atoms with Gasteiger partial charge in [0, 0.05) is 16.4 Å². The summed E-state index contributed by atoms with van der Waals surface area (Å²) < 4.78 is 5.07. The molecule has 0 heterocycles. The third kappa shape index (κ3) is 4.39. The van der Waals surface area contributed by atoms with Gasteiger partial charge < -0.3 is 15.4 Å². The van der Waals surface area contributed by atoms with Crippen molar-refractivity contribution in [3.63, 3.8) is 0 Å². The third-order valence-corrected chi connectivity index (χ3v) is 3.23. The summed E-state index contributed by atoms with van der Waals surface area (Å²) in [5.41, 5.74) is 1.57. The van der Waals surface area contributed by atoms with Crippen LogP contribution in [0.15, 0.2) is 48.5 Å². The maximum absolute atomic E-state index is 12.1. The topological polar surface area (TPSA) is 50.4 Å². The van der Waals surface area contributed by atoms with Crippen LogP contribution in [0, 0.1) is 0 Å². The minimum atomic E-state index is -0.367. The molecule has 5 heteroatoms. The lowest BCUT2D eigenvalue weighted by Crippen LogP contribution is -2.31. The van der Waals surface area contributed by atoms with Crippen LogP contribution in [-0.2, 0) is 4.79 Å². The van der Waals surface area contributed by atoms with E-state index in [1.807, 2.05) is 12.1 Å². The molecule has 0 spiro atoms. The molecule has 0 radical (unpaired) electrons. The number of halogens is 1. The highest BCUT2D eigenvalue weighted by molar-refractivity contribution is 6.30. The fourth-order valence-corrected chi connectivity index (χ4v) is 1.91. The van der Waals surface area contributed by atoms with Crippen molar-refractivity contribution in [2.24, 2.45) is 0 Å². The summed E-state index contributed by atoms with van der Waals surface area (Å²) in [6.45, 7) is 1.80. The van der Waals surface area contributed by atoms with Crippen molar-refractivity contribution >= 4 is 28.9 Å². The van der Waals surface area contributed by atoms with Gasteiger partial charge in [-0.05, 0) is 55.5 Å². The first-order valence-corrected chi connectivity index (χ1v) is 6.93. The molecule has 21 heavy (non-hydrogen) atoms. The molecule has 0 aliphatic rings. The van der Waals surface area contributed by atoms with Gasteiger partial charge in [0.1, 0.15) is 11.8 Å². The van der Waals surface area contributed by atoms with E-state index in [9.17, 15) is 4.79 Å². The van der Waals surface area contributed by atoms with Crippen LogP contribution in [0.2, 0.25) is 5.02 Å².